The third-order valence-electron chi connectivity index (χ3n) is 10.9. The third kappa shape index (κ3) is 6.12. The molecule has 31 heavy (non-hydrogen) atoms. The van der Waals surface area contributed by atoms with Gasteiger partial charge in [-0.2, -0.15) is 0 Å². The predicted molar refractivity (Wildman–Crippen MR) is 140 cm³/mol. The molecule has 0 saturated heterocycles. The van der Waals surface area contributed by atoms with Crippen molar-refractivity contribution in [1.29, 1.82) is 0 Å². The van der Waals surface area contributed by atoms with Gasteiger partial charge in [-0.05, 0) is 116 Å². The first-order chi connectivity index (χ1) is 14.6. The molecule has 3 aliphatic carbocycles. The molecule has 3 fully saturated rings. The Balaban J connectivity index is 0.00000166. The van der Waals surface area contributed by atoms with E-state index in [0.717, 1.165) is 47.3 Å². The van der Waals surface area contributed by atoms with Crippen LogP contribution in [-0.4, -0.2) is 0 Å². The average molecular weight is 433 g/mol. The predicted octanol–water partition coefficient (Wildman–Crippen LogP) is 10.4. The lowest BCUT2D eigenvalue weighted by Crippen LogP contribution is -2.47. The maximum Gasteiger partial charge on any atom is -0.0267 e. The van der Waals surface area contributed by atoms with Crippen LogP contribution in [0.2, 0.25) is 0 Å². The molecule has 3 rings (SSSR count). The van der Waals surface area contributed by atoms with E-state index < -0.39 is 0 Å². The van der Waals surface area contributed by atoms with Gasteiger partial charge in [0, 0.05) is 0 Å². The fourth-order valence-corrected chi connectivity index (χ4v) is 8.77. The highest BCUT2D eigenvalue weighted by Gasteiger charge is 2.50. The molecule has 0 aromatic heterocycles. The standard InChI is InChI=1S/C29H54.C2H6/c1-20(2)19-21(3)22(4)23(5)26-15-13-24-12-14-25-11-9-10-17-29(25,8)27(24)16-18-28(26,6)7;1-2/h20-27H,9-19H2,1-8H3;1-2H3. The van der Waals surface area contributed by atoms with Crippen LogP contribution in [0.25, 0.3) is 0 Å². The highest BCUT2D eigenvalue weighted by Crippen LogP contribution is 2.60. The smallest absolute Gasteiger partial charge is 0.0267 e. The van der Waals surface area contributed by atoms with Gasteiger partial charge in [-0.1, -0.05) is 82.1 Å². The van der Waals surface area contributed by atoms with E-state index in [2.05, 4.69) is 55.4 Å². The van der Waals surface area contributed by atoms with Crippen molar-refractivity contribution in [2.75, 3.05) is 0 Å². The molecule has 0 N–H and O–H groups in total. The second kappa shape index (κ2) is 11.4. The second-order valence-electron chi connectivity index (χ2n) is 13.4. The first-order valence-corrected chi connectivity index (χ1v) is 14.6. The Morgan fingerprint density at radius 1 is 0.742 bits per heavy atom. The van der Waals surface area contributed by atoms with Gasteiger partial charge in [0.15, 0.2) is 0 Å². The molecule has 184 valence electrons. The SMILES string of the molecule is CC.CC(C)CC(C)C(C)C(C)C1CCC2CCC3CCCCC3(C)C2CCC1(C)C. The van der Waals surface area contributed by atoms with E-state index in [1.165, 1.54) is 57.8 Å². The minimum absolute atomic E-state index is 0.508. The molecule has 0 aromatic rings. The van der Waals surface area contributed by atoms with Crippen molar-refractivity contribution in [3.63, 3.8) is 0 Å². The molecule has 0 aliphatic heterocycles. The Morgan fingerprint density at radius 2 is 1.39 bits per heavy atom. The van der Waals surface area contributed by atoms with E-state index >= 15 is 0 Å². The van der Waals surface area contributed by atoms with E-state index in [-0.39, 0.29) is 0 Å². The van der Waals surface area contributed by atoms with Crippen LogP contribution in [0.4, 0.5) is 0 Å². The maximum atomic E-state index is 2.72. The molecule has 8 atom stereocenters. The minimum Gasteiger partial charge on any atom is -0.0683 e. The normalized spacial score (nSPS) is 38.4. The molecule has 0 amide bonds. The van der Waals surface area contributed by atoms with Crippen LogP contribution in [0.15, 0.2) is 0 Å². The summed E-state index contributed by atoms with van der Waals surface area (Å²) >= 11 is 0. The maximum absolute atomic E-state index is 2.72. The number of hydrogen-bond acceptors (Lipinski definition) is 0. The lowest BCUT2D eigenvalue weighted by atomic mass is 9.49. The molecular weight excluding hydrogens is 372 g/mol. The zero-order valence-electron chi connectivity index (χ0n) is 23.4. The van der Waals surface area contributed by atoms with Crippen molar-refractivity contribution in [2.45, 2.75) is 140 Å². The molecule has 3 saturated carbocycles. The molecule has 3 aliphatic rings. The Morgan fingerprint density at radius 3 is 2.03 bits per heavy atom. The van der Waals surface area contributed by atoms with E-state index in [1.807, 2.05) is 13.8 Å². The topological polar surface area (TPSA) is 0 Å². The van der Waals surface area contributed by atoms with Crippen LogP contribution in [0.3, 0.4) is 0 Å². The number of fused-ring (bicyclic) bond motifs is 3. The zero-order chi connectivity index (χ0) is 23.4. The van der Waals surface area contributed by atoms with Gasteiger partial charge in [0.2, 0.25) is 0 Å². The molecule has 0 nitrogen and oxygen atoms in total. The molecule has 0 radical (unpaired) electrons. The Labute approximate surface area is 198 Å². The van der Waals surface area contributed by atoms with Crippen molar-refractivity contribution >= 4 is 0 Å². The Bertz CT molecular complexity index is 516. The van der Waals surface area contributed by atoms with Crippen molar-refractivity contribution in [3.8, 4) is 0 Å². The van der Waals surface area contributed by atoms with Crippen LogP contribution >= 0.6 is 0 Å². The first-order valence-electron chi connectivity index (χ1n) is 14.6. The summed E-state index contributed by atoms with van der Waals surface area (Å²) in [7, 11) is 0. The molecule has 0 heteroatoms. The number of rotatable bonds is 5. The highest BCUT2D eigenvalue weighted by molar-refractivity contribution is 5.00. The van der Waals surface area contributed by atoms with Crippen LogP contribution in [0, 0.1) is 58.2 Å². The molecule has 0 heterocycles. The van der Waals surface area contributed by atoms with E-state index in [9.17, 15) is 0 Å². The molecule has 8 unspecified atom stereocenters. The van der Waals surface area contributed by atoms with Crippen LogP contribution in [0.5, 0.6) is 0 Å². The Kier molecular flexibility index (Phi) is 10.0. The highest BCUT2D eigenvalue weighted by atomic mass is 14.6. The molecular formula is C31H60. The van der Waals surface area contributed by atoms with Crippen molar-refractivity contribution in [1.82, 2.24) is 0 Å². The molecule has 0 aromatic carbocycles. The Hall–Kier alpha value is 0. The van der Waals surface area contributed by atoms with E-state index in [4.69, 9.17) is 0 Å². The second-order valence-corrected chi connectivity index (χ2v) is 13.4. The largest absolute Gasteiger partial charge is 0.0683 e. The quantitative estimate of drug-likeness (QED) is 0.405. The summed E-state index contributed by atoms with van der Waals surface area (Å²) in [6, 6.07) is 0. The number of hydrogen-bond donors (Lipinski definition) is 0. The van der Waals surface area contributed by atoms with Gasteiger partial charge >= 0.3 is 0 Å². The van der Waals surface area contributed by atoms with Crippen LogP contribution in [0.1, 0.15) is 140 Å². The fraction of sp³-hybridized carbons (Fsp3) is 1.00. The fourth-order valence-electron chi connectivity index (χ4n) is 8.77. The van der Waals surface area contributed by atoms with Gasteiger partial charge in [0.25, 0.3) is 0 Å². The summed E-state index contributed by atoms with van der Waals surface area (Å²) in [6.45, 7) is 24.5. The van der Waals surface area contributed by atoms with Crippen molar-refractivity contribution < 1.29 is 0 Å². The summed E-state index contributed by atoms with van der Waals surface area (Å²) in [5, 5.41) is 0. The van der Waals surface area contributed by atoms with Gasteiger partial charge in [0.05, 0.1) is 0 Å². The summed E-state index contributed by atoms with van der Waals surface area (Å²) in [5.41, 5.74) is 1.18. The summed E-state index contributed by atoms with van der Waals surface area (Å²) in [4.78, 5) is 0. The lowest BCUT2D eigenvalue weighted by molar-refractivity contribution is -0.0657. The van der Waals surface area contributed by atoms with Gasteiger partial charge in [0.1, 0.15) is 0 Å². The van der Waals surface area contributed by atoms with Crippen molar-refractivity contribution in [3.05, 3.63) is 0 Å². The lowest BCUT2D eigenvalue weighted by Gasteiger charge is -2.56. The monoisotopic (exact) mass is 432 g/mol. The van der Waals surface area contributed by atoms with Gasteiger partial charge in [-0.3, -0.25) is 0 Å². The minimum atomic E-state index is 0.508. The van der Waals surface area contributed by atoms with Crippen LogP contribution < -0.4 is 0 Å². The third-order valence-corrected chi connectivity index (χ3v) is 10.9. The van der Waals surface area contributed by atoms with Gasteiger partial charge in [-0.15, -0.1) is 0 Å². The average Bonchev–Trinajstić information content (AvgIpc) is 2.71. The van der Waals surface area contributed by atoms with E-state index in [1.54, 1.807) is 12.8 Å². The summed E-state index contributed by atoms with van der Waals surface area (Å²) in [5.74, 6) is 7.41. The van der Waals surface area contributed by atoms with Crippen LogP contribution in [-0.2, 0) is 0 Å². The van der Waals surface area contributed by atoms with Gasteiger partial charge in [-0.25, -0.2) is 0 Å². The van der Waals surface area contributed by atoms with E-state index in [0.29, 0.717) is 10.8 Å². The van der Waals surface area contributed by atoms with Gasteiger partial charge < -0.3 is 0 Å². The summed E-state index contributed by atoms with van der Waals surface area (Å²) in [6.07, 6.45) is 16.6. The first kappa shape index (κ1) is 27.2. The summed E-state index contributed by atoms with van der Waals surface area (Å²) < 4.78 is 0. The molecule has 0 spiro atoms. The molecule has 0 bridgehead atoms. The van der Waals surface area contributed by atoms with Crippen molar-refractivity contribution in [2.24, 2.45) is 58.2 Å². The zero-order valence-corrected chi connectivity index (χ0v) is 23.4.